The van der Waals surface area contributed by atoms with Gasteiger partial charge < -0.3 is 19.6 Å². The fourth-order valence-electron chi connectivity index (χ4n) is 3.91. The molecule has 33 heavy (non-hydrogen) atoms. The van der Waals surface area contributed by atoms with E-state index in [0.717, 1.165) is 19.6 Å². The standard InChI is InChI=1S/C27H38N4S2/c1-9-30(23-18-21(28(4)5)11-13-25(23)32-8)16-15-20(3)17-27-31(10-2)24-19-22(29(6)7)12-14-26(24)33-27/h11-15,17-19H,9-10,16H2,1-8H3/b20-15+,27-17-. The van der Waals surface area contributed by atoms with E-state index in [2.05, 4.69) is 123 Å². The van der Waals surface area contributed by atoms with Gasteiger partial charge in [-0.05, 0) is 69.5 Å². The summed E-state index contributed by atoms with van der Waals surface area (Å²) in [5.41, 5.74) is 6.39. The van der Waals surface area contributed by atoms with Crippen molar-refractivity contribution in [2.75, 3.05) is 73.7 Å². The van der Waals surface area contributed by atoms with Gasteiger partial charge in [-0.15, -0.1) is 11.8 Å². The zero-order valence-corrected chi connectivity index (χ0v) is 23.0. The van der Waals surface area contributed by atoms with Crippen LogP contribution in [0.25, 0.3) is 0 Å². The molecule has 0 amide bonds. The number of rotatable bonds is 9. The molecule has 0 unspecified atom stereocenters. The molecule has 178 valence electrons. The first-order valence-electron chi connectivity index (χ1n) is 11.5. The Balaban J connectivity index is 1.82. The van der Waals surface area contributed by atoms with E-state index in [-0.39, 0.29) is 0 Å². The summed E-state index contributed by atoms with van der Waals surface area (Å²) in [6, 6.07) is 13.5. The quantitative estimate of drug-likeness (QED) is 0.363. The Labute approximate surface area is 209 Å². The summed E-state index contributed by atoms with van der Waals surface area (Å²) < 4.78 is 0. The molecule has 1 aliphatic rings. The third kappa shape index (κ3) is 5.85. The lowest BCUT2D eigenvalue weighted by Crippen LogP contribution is -2.24. The van der Waals surface area contributed by atoms with Gasteiger partial charge in [0.1, 0.15) is 0 Å². The lowest BCUT2D eigenvalue weighted by Gasteiger charge is -2.26. The van der Waals surface area contributed by atoms with Gasteiger partial charge in [0, 0.05) is 69.0 Å². The Morgan fingerprint density at radius 3 is 2.27 bits per heavy atom. The van der Waals surface area contributed by atoms with Crippen molar-refractivity contribution in [3.63, 3.8) is 0 Å². The van der Waals surface area contributed by atoms with Crippen LogP contribution in [0.15, 0.2) is 68.9 Å². The van der Waals surface area contributed by atoms with Gasteiger partial charge in [0.15, 0.2) is 0 Å². The van der Waals surface area contributed by atoms with E-state index in [0.29, 0.717) is 0 Å². The molecule has 1 aliphatic heterocycles. The largest absolute Gasteiger partial charge is 0.378 e. The number of likely N-dealkylation sites (N-methyl/N-ethyl adjacent to an activating group) is 1. The van der Waals surface area contributed by atoms with Crippen molar-refractivity contribution in [2.45, 2.75) is 30.6 Å². The van der Waals surface area contributed by atoms with E-state index >= 15 is 0 Å². The molecule has 0 radical (unpaired) electrons. The number of allylic oxidation sites excluding steroid dienone is 2. The third-order valence-corrected chi connectivity index (χ3v) is 7.83. The molecule has 3 rings (SSSR count). The topological polar surface area (TPSA) is 13.0 Å². The predicted octanol–water partition coefficient (Wildman–Crippen LogP) is 6.79. The highest BCUT2D eigenvalue weighted by molar-refractivity contribution is 8.03. The van der Waals surface area contributed by atoms with Crippen molar-refractivity contribution in [1.82, 2.24) is 0 Å². The average Bonchev–Trinajstić information content (AvgIpc) is 3.15. The minimum Gasteiger partial charge on any atom is -0.378 e. The molecule has 6 heteroatoms. The molecule has 0 saturated heterocycles. The minimum atomic E-state index is 0.894. The lowest BCUT2D eigenvalue weighted by atomic mass is 10.2. The Morgan fingerprint density at radius 1 is 1.00 bits per heavy atom. The molecule has 0 aliphatic carbocycles. The van der Waals surface area contributed by atoms with E-state index in [1.807, 2.05) is 23.5 Å². The smallest absolute Gasteiger partial charge is 0.0803 e. The zero-order chi connectivity index (χ0) is 24.1. The second-order valence-electron chi connectivity index (χ2n) is 8.61. The molecular formula is C27H38N4S2. The molecular weight excluding hydrogens is 444 g/mol. The molecule has 0 fully saturated rings. The molecule has 2 aromatic carbocycles. The number of benzene rings is 2. The van der Waals surface area contributed by atoms with Gasteiger partial charge in [-0.2, -0.15) is 0 Å². The van der Waals surface area contributed by atoms with Gasteiger partial charge in [-0.3, -0.25) is 0 Å². The van der Waals surface area contributed by atoms with Gasteiger partial charge in [0.2, 0.25) is 0 Å². The highest BCUT2D eigenvalue weighted by atomic mass is 32.2. The van der Waals surface area contributed by atoms with Crippen molar-refractivity contribution >= 4 is 46.3 Å². The Hall–Kier alpha value is -2.18. The SMILES string of the molecule is CCN(C/C=C(C)/C=C1\Sc2ccc(N(C)C)cc2N1CC)c1cc(N(C)C)ccc1SC. The van der Waals surface area contributed by atoms with Gasteiger partial charge in [-0.25, -0.2) is 0 Å². The highest BCUT2D eigenvalue weighted by Gasteiger charge is 2.24. The molecule has 2 aromatic rings. The molecule has 0 saturated carbocycles. The number of fused-ring (bicyclic) bond motifs is 1. The summed E-state index contributed by atoms with van der Waals surface area (Å²) in [6.07, 6.45) is 6.85. The first-order valence-corrected chi connectivity index (χ1v) is 13.6. The first-order chi connectivity index (χ1) is 15.8. The maximum Gasteiger partial charge on any atom is 0.0803 e. The average molecular weight is 483 g/mol. The van der Waals surface area contributed by atoms with Crippen LogP contribution in [0.5, 0.6) is 0 Å². The maximum absolute atomic E-state index is 2.46. The maximum atomic E-state index is 2.46. The molecule has 0 N–H and O–H groups in total. The van der Waals surface area contributed by atoms with Crippen molar-refractivity contribution in [2.24, 2.45) is 0 Å². The van der Waals surface area contributed by atoms with Crippen LogP contribution < -0.4 is 19.6 Å². The Kier molecular flexibility index (Phi) is 8.71. The third-order valence-electron chi connectivity index (χ3n) is 5.93. The predicted molar refractivity (Wildman–Crippen MR) is 152 cm³/mol. The van der Waals surface area contributed by atoms with Gasteiger partial charge in [0.25, 0.3) is 0 Å². The van der Waals surface area contributed by atoms with Crippen molar-refractivity contribution in [1.29, 1.82) is 0 Å². The Bertz CT molecular complexity index is 1030. The van der Waals surface area contributed by atoms with Crippen LogP contribution in [-0.4, -0.2) is 54.1 Å². The first kappa shape index (κ1) is 25.4. The van der Waals surface area contributed by atoms with Gasteiger partial charge >= 0.3 is 0 Å². The molecule has 0 atom stereocenters. The second-order valence-corrected chi connectivity index (χ2v) is 10.5. The summed E-state index contributed by atoms with van der Waals surface area (Å²) in [5.74, 6) is 0. The summed E-state index contributed by atoms with van der Waals surface area (Å²) in [5, 5.41) is 1.31. The summed E-state index contributed by atoms with van der Waals surface area (Å²) in [7, 11) is 8.39. The van der Waals surface area contributed by atoms with E-state index in [1.165, 1.54) is 43.1 Å². The van der Waals surface area contributed by atoms with Gasteiger partial charge in [-0.1, -0.05) is 23.4 Å². The van der Waals surface area contributed by atoms with Crippen LogP contribution in [0.3, 0.4) is 0 Å². The van der Waals surface area contributed by atoms with E-state index < -0.39 is 0 Å². The zero-order valence-electron chi connectivity index (χ0n) is 21.3. The summed E-state index contributed by atoms with van der Waals surface area (Å²) in [4.78, 5) is 11.9. The minimum absolute atomic E-state index is 0.894. The number of nitrogens with zero attached hydrogens (tertiary/aromatic N) is 4. The Morgan fingerprint density at radius 2 is 1.67 bits per heavy atom. The van der Waals surface area contributed by atoms with Gasteiger partial charge in [0.05, 0.1) is 16.4 Å². The fraction of sp³-hybridized carbons (Fsp3) is 0.407. The van der Waals surface area contributed by atoms with E-state index in [9.17, 15) is 0 Å². The number of hydrogen-bond acceptors (Lipinski definition) is 6. The van der Waals surface area contributed by atoms with Crippen molar-refractivity contribution in [3.05, 3.63) is 59.2 Å². The van der Waals surface area contributed by atoms with Crippen LogP contribution in [0, 0.1) is 0 Å². The fourth-order valence-corrected chi connectivity index (χ4v) is 5.73. The van der Waals surface area contributed by atoms with E-state index in [1.54, 1.807) is 0 Å². The number of hydrogen-bond donors (Lipinski definition) is 0. The molecule has 1 heterocycles. The van der Waals surface area contributed by atoms with Crippen LogP contribution in [0.4, 0.5) is 22.7 Å². The van der Waals surface area contributed by atoms with Crippen LogP contribution in [0.1, 0.15) is 20.8 Å². The molecule has 0 spiro atoms. The van der Waals surface area contributed by atoms with Crippen LogP contribution in [-0.2, 0) is 0 Å². The monoisotopic (exact) mass is 482 g/mol. The van der Waals surface area contributed by atoms with Crippen LogP contribution in [0.2, 0.25) is 0 Å². The van der Waals surface area contributed by atoms with Crippen molar-refractivity contribution in [3.8, 4) is 0 Å². The second kappa shape index (κ2) is 11.3. The normalized spacial score (nSPS) is 14.6. The van der Waals surface area contributed by atoms with Crippen LogP contribution >= 0.6 is 23.5 Å². The van der Waals surface area contributed by atoms with E-state index in [4.69, 9.17) is 0 Å². The summed E-state index contributed by atoms with van der Waals surface area (Å²) in [6.45, 7) is 9.51. The lowest BCUT2D eigenvalue weighted by molar-refractivity contribution is 0.889. The molecule has 0 aromatic heterocycles. The highest BCUT2D eigenvalue weighted by Crippen LogP contribution is 2.47. The molecule has 4 nitrogen and oxygen atoms in total. The number of thioether (sulfide) groups is 2. The number of anilines is 4. The van der Waals surface area contributed by atoms with Crippen molar-refractivity contribution < 1.29 is 0 Å². The summed E-state index contributed by atoms with van der Waals surface area (Å²) >= 11 is 3.68. The molecule has 0 bridgehead atoms.